The molecule has 3 aromatic rings. The lowest BCUT2D eigenvalue weighted by Crippen LogP contribution is -2.40. The van der Waals surface area contributed by atoms with Gasteiger partial charge in [-0.25, -0.2) is 8.42 Å². The van der Waals surface area contributed by atoms with Crippen LogP contribution in [0.4, 0.5) is 0 Å². The first-order chi connectivity index (χ1) is 16.2. The Bertz CT molecular complexity index is 1230. The molecule has 0 aliphatic carbocycles. The number of sulfonamides is 1. The van der Waals surface area contributed by atoms with Crippen molar-refractivity contribution in [1.29, 1.82) is 0 Å². The lowest BCUT2D eigenvalue weighted by Gasteiger charge is -2.22. The molecule has 0 aliphatic rings. The molecule has 0 atom stereocenters. The van der Waals surface area contributed by atoms with Gasteiger partial charge in [-0.2, -0.15) is 4.31 Å². The molecule has 0 bridgehead atoms. The van der Waals surface area contributed by atoms with E-state index in [9.17, 15) is 13.2 Å². The molecule has 0 saturated heterocycles. The fourth-order valence-corrected chi connectivity index (χ4v) is 4.99. The van der Waals surface area contributed by atoms with Crippen LogP contribution in [-0.4, -0.2) is 38.8 Å². The number of hydrogen-bond donors (Lipinski definition) is 1. The smallest absolute Gasteiger partial charge is 0.243 e. The molecular weight excluding hydrogens is 495 g/mol. The van der Waals surface area contributed by atoms with Crippen molar-refractivity contribution in [1.82, 2.24) is 9.62 Å². The summed E-state index contributed by atoms with van der Waals surface area (Å²) < 4.78 is 33.0. The predicted molar refractivity (Wildman–Crippen MR) is 135 cm³/mol. The first kappa shape index (κ1) is 26.0. The Hall–Kier alpha value is -2.58. The highest BCUT2D eigenvalue weighted by Gasteiger charge is 2.27. The van der Waals surface area contributed by atoms with E-state index in [1.165, 1.54) is 12.1 Å². The first-order valence-corrected chi connectivity index (χ1v) is 12.8. The van der Waals surface area contributed by atoms with Gasteiger partial charge in [0.15, 0.2) is 0 Å². The van der Waals surface area contributed by atoms with Gasteiger partial charge in [0, 0.05) is 13.1 Å². The van der Waals surface area contributed by atoms with Gasteiger partial charge < -0.3 is 10.1 Å². The van der Waals surface area contributed by atoms with E-state index in [1.807, 2.05) is 31.2 Å². The van der Waals surface area contributed by atoms with Crippen molar-refractivity contribution in [3.05, 3.63) is 93.5 Å². The van der Waals surface area contributed by atoms with Gasteiger partial charge in [-0.05, 0) is 60.9 Å². The van der Waals surface area contributed by atoms with Crippen molar-refractivity contribution in [3.63, 3.8) is 0 Å². The van der Waals surface area contributed by atoms with Crippen molar-refractivity contribution in [2.45, 2.75) is 24.8 Å². The topological polar surface area (TPSA) is 75.7 Å². The molecule has 6 nitrogen and oxygen atoms in total. The monoisotopic (exact) mass is 520 g/mol. The van der Waals surface area contributed by atoms with Crippen LogP contribution >= 0.6 is 23.2 Å². The lowest BCUT2D eigenvalue weighted by molar-refractivity contribution is -0.121. The van der Waals surface area contributed by atoms with Gasteiger partial charge in [-0.15, -0.1) is 0 Å². The molecule has 0 aromatic heterocycles. The van der Waals surface area contributed by atoms with Crippen LogP contribution < -0.4 is 10.1 Å². The van der Waals surface area contributed by atoms with Gasteiger partial charge in [0.25, 0.3) is 0 Å². The largest absolute Gasteiger partial charge is 0.497 e. The quantitative estimate of drug-likeness (QED) is 0.414. The molecule has 3 rings (SSSR count). The molecule has 0 aliphatic heterocycles. The van der Waals surface area contributed by atoms with Crippen molar-refractivity contribution in [2.24, 2.45) is 0 Å². The highest BCUT2D eigenvalue weighted by molar-refractivity contribution is 7.89. The third-order valence-corrected chi connectivity index (χ3v) is 7.76. The number of amides is 1. The number of carbonyl (C=O) groups excluding carboxylic acids is 1. The van der Waals surface area contributed by atoms with Gasteiger partial charge in [0.05, 0.1) is 28.6 Å². The van der Waals surface area contributed by atoms with E-state index in [1.54, 1.807) is 37.4 Å². The van der Waals surface area contributed by atoms with Crippen LogP contribution in [0.3, 0.4) is 0 Å². The van der Waals surface area contributed by atoms with Gasteiger partial charge in [-0.1, -0.05) is 59.1 Å². The normalized spacial score (nSPS) is 11.4. The Morgan fingerprint density at radius 2 is 1.59 bits per heavy atom. The molecule has 34 heavy (non-hydrogen) atoms. The van der Waals surface area contributed by atoms with E-state index >= 15 is 0 Å². The molecule has 0 fully saturated rings. The number of benzene rings is 3. The molecule has 180 valence electrons. The van der Waals surface area contributed by atoms with E-state index in [0.717, 1.165) is 21.2 Å². The number of nitrogens with one attached hydrogen (secondary N) is 1. The molecule has 0 heterocycles. The average Bonchev–Trinajstić information content (AvgIpc) is 2.81. The van der Waals surface area contributed by atoms with Crippen molar-refractivity contribution in [3.8, 4) is 5.75 Å². The van der Waals surface area contributed by atoms with Crippen molar-refractivity contribution in [2.75, 3.05) is 20.2 Å². The van der Waals surface area contributed by atoms with E-state index in [4.69, 9.17) is 27.9 Å². The maximum Gasteiger partial charge on any atom is 0.243 e. The second kappa shape index (κ2) is 11.7. The number of aryl methyl sites for hydroxylation is 1. The predicted octanol–water partition coefficient (Wildman–Crippen LogP) is 4.86. The van der Waals surface area contributed by atoms with Gasteiger partial charge in [0.2, 0.25) is 15.9 Å². The minimum atomic E-state index is -3.94. The third-order valence-electron chi connectivity index (χ3n) is 5.22. The van der Waals surface area contributed by atoms with Crippen LogP contribution in [0.15, 0.2) is 71.6 Å². The van der Waals surface area contributed by atoms with Crippen LogP contribution in [-0.2, 0) is 27.8 Å². The molecule has 0 saturated carbocycles. The highest BCUT2D eigenvalue weighted by atomic mass is 35.5. The summed E-state index contributed by atoms with van der Waals surface area (Å²) in [4.78, 5) is 12.8. The Labute approximate surface area is 210 Å². The number of hydrogen-bond acceptors (Lipinski definition) is 4. The molecule has 0 unspecified atom stereocenters. The summed E-state index contributed by atoms with van der Waals surface area (Å²) in [6.07, 6.45) is 0.604. The average molecular weight is 521 g/mol. The van der Waals surface area contributed by atoms with E-state index in [0.29, 0.717) is 28.6 Å². The lowest BCUT2D eigenvalue weighted by atomic mass is 10.1. The van der Waals surface area contributed by atoms with Crippen LogP contribution in [0.2, 0.25) is 10.0 Å². The Balaban J connectivity index is 1.73. The van der Waals surface area contributed by atoms with E-state index in [-0.39, 0.29) is 18.0 Å². The number of carbonyl (C=O) groups is 1. The zero-order valence-corrected chi connectivity index (χ0v) is 21.3. The fraction of sp³-hybridized carbons (Fsp3) is 0.240. The van der Waals surface area contributed by atoms with Crippen molar-refractivity contribution < 1.29 is 17.9 Å². The molecular formula is C25H26Cl2N2O4S. The second-order valence-electron chi connectivity index (χ2n) is 7.78. The van der Waals surface area contributed by atoms with Crippen molar-refractivity contribution >= 4 is 39.1 Å². The fourth-order valence-electron chi connectivity index (χ4n) is 3.28. The minimum Gasteiger partial charge on any atom is -0.497 e. The number of rotatable bonds is 10. The highest BCUT2D eigenvalue weighted by Crippen LogP contribution is 2.25. The number of halogens is 2. The SMILES string of the molecule is COc1ccc(CCNC(=O)CN(Cc2ccc(Cl)c(Cl)c2)S(=O)(=O)c2ccc(C)cc2)cc1. The second-order valence-corrected chi connectivity index (χ2v) is 10.5. The van der Waals surface area contributed by atoms with Crippen LogP contribution in [0.25, 0.3) is 0 Å². The summed E-state index contributed by atoms with van der Waals surface area (Å²) in [6, 6.07) is 18.9. The summed E-state index contributed by atoms with van der Waals surface area (Å²) in [5.41, 5.74) is 2.59. The summed E-state index contributed by atoms with van der Waals surface area (Å²) >= 11 is 12.1. The standard InChI is InChI=1S/C25H26Cl2N2O4S/c1-18-3-10-22(11-4-18)34(31,32)29(16-20-7-12-23(26)24(27)15-20)17-25(30)28-14-13-19-5-8-21(33-2)9-6-19/h3-12,15H,13-14,16-17H2,1-2H3,(H,28,30). The Morgan fingerprint density at radius 3 is 2.21 bits per heavy atom. The first-order valence-electron chi connectivity index (χ1n) is 10.6. The summed E-state index contributed by atoms with van der Waals surface area (Å²) in [5.74, 6) is 0.358. The summed E-state index contributed by atoms with van der Waals surface area (Å²) in [5, 5.41) is 3.49. The Morgan fingerprint density at radius 1 is 0.941 bits per heavy atom. The minimum absolute atomic E-state index is 0.0288. The molecule has 1 N–H and O–H groups in total. The van der Waals surface area contributed by atoms with Crippen LogP contribution in [0, 0.1) is 6.92 Å². The van der Waals surface area contributed by atoms with Gasteiger partial charge in [-0.3, -0.25) is 4.79 Å². The Kier molecular flexibility index (Phi) is 8.97. The number of nitrogens with zero attached hydrogens (tertiary/aromatic N) is 1. The maximum absolute atomic E-state index is 13.4. The zero-order valence-electron chi connectivity index (χ0n) is 18.9. The van der Waals surface area contributed by atoms with E-state index in [2.05, 4.69) is 5.32 Å². The molecule has 1 amide bonds. The summed E-state index contributed by atoms with van der Waals surface area (Å²) in [6.45, 7) is 1.88. The zero-order chi connectivity index (χ0) is 24.7. The summed E-state index contributed by atoms with van der Waals surface area (Å²) in [7, 11) is -2.34. The van der Waals surface area contributed by atoms with Gasteiger partial charge in [0.1, 0.15) is 5.75 Å². The van der Waals surface area contributed by atoms with Crippen LogP contribution in [0.1, 0.15) is 16.7 Å². The molecule has 9 heteroatoms. The number of methoxy groups -OCH3 is 1. The van der Waals surface area contributed by atoms with E-state index < -0.39 is 15.9 Å². The maximum atomic E-state index is 13.4. The van der Waals surface area contributed by atoms with Crippen LogP contribution in [0.5, 0.6) is 5.75 Å². The van der Waals surface area contributed by atoms with Gasteiger partial charge >= 0.3 is 0 Å². The molecule has 3 aromatic carbocycles. The number of ether oxygens (including phenoxy) is 1. The molecule has 0 spiro atoms. The molecule has 0 radical (unpaired) electrons. The third kappa shape index (κ3) is 6.96.